The molecule has 0 heterocycles. The second kappa shape index (κ2) is 8.55. The fourth-order valence-electron chi connectivity index (χ4n) is 3.42. The summed E-state index contributed by atoms with van der Waals surface area (Å²) in [7, 11) is 8.27. The van der Waals surface area contributed by atoms with Crippen LogP contribution in [0, 0.1) is 0 Å². The lowest BCUT2D eigenvalue weighted by Crippen LogP contribution is -2.55. The van der Waals surface area contributed by atoms with Crippen molar-refractivity contribution in [2.45, 2.75) is 44.1 Å². The number of ether oxygens (including phenoxy) is 5. The van der Waals surface area contributed by atoms with E-state index in [0.29, 0.717) is 23.8 Å². The van der Waals surface area contributed by atoms with Crippen molar-refractivity contribution in [3.05, 3.63) is 17.7 Å². The van der Waals surface area contributed by atoms with Crippen LogP contribution in [-0.4, -0.2) is 47.4 Å². The van der Waals surface area contributed by atoms with Gasteiger partial charge in [0.25, 0.3) is 0 Å². The van der Waals surface area contributed by atoms with E-state index in [9.17, 15) is 0 Å². The number of rotatable bonds is 8. The number of benzene rings is 1. The van der Waals surface area contributed by atoms with Crippen LogP contribution in [0.1, 0.15) is 31.2 Å². The molecular formula is C18H29NO5. The topological polar surface area (TPSA) is 58.2 Å². The van der Waals surface area contributed by atoms with Crippen molar-refractivity contribution in [1.29, 1.82) is 0 Å². The quantitative estimate of drug-likeness (QED) is 0.735. The van der Waals surface area contributed by atoms with E-state index in [1.54, 1.807) is 35.5 Å². The first-order valence-electron chi connectivity index (χ1n) is 8.26. The van der Waals surface area contributed by atoms with Gasteiger partial charge in [0.15, 0.2) is 17.3 Å². The molecule has 0 spiro atoms. The molecule has 6 heteroatoms. The molecule has 24 heavy (non-hydrogen) atoms. The molecule has 1 unspecified atom stereocenters. The Morgan fingerprint density at radius 1 is 0.958 bits per heavy atom. The molecule has 1 aliphatic rings. The lowest BCUT2D eigenvalue weighted by atomic mass is 9.88. The Balaban J connectivity index is 2.16. The minimum atomic E-state index is -0.557. The van der Waals surface area contributed by atoms with Crippen molar-refractivity contribution in [1.82, 2.24) is 5.32 Å². The first kappa shape index (κ1) is 18.8. The van der Waals surface area contributed by atoms with Crippen LogP contribution in [0.25, 0.3) is 0 Å². The molecule has 0 amide bonds. The van der Waals surface area contributed by atoms with Crippen LogP contribution < -0.4 is 19.5 Å². The molecule has 0 aromatic heterocycles. The van der Waals surface area contributed by atoms with Crippen LogP contribution >= 0.6 is 0 Å². The van der Waals surface area contributed by atoms with Crippen LogP contribution in [0.3, 0.4) is 0 Å². The Kier molecular flexibility index (Phi) is 6.71. The second-order valence-electron chi connectivity index (χ2n) is 5.93. The Morgan fingerprint density at radius 3 is 2.08 bits per heavy atom. The van der Waals surface area contributed by atoms with Crippen molar-refractivity contribution in [2.75, 3.05) is 35.5 Å². The molecule has 1 aromatic rings. The molecule has 1 atom stereocenters. The van der Waals surface area contributed by atoms with Crippen LogP contribution in [-0.2, 0) is 16.0 Å². The molecular weight excluding hydrogens is 310 g/mol. The van der Waals surface area contributed by atoms with E-state index in [2.05, 4.69) is 5.32 Å². The summed E-state index contributed by atoms with van der Waals surface area (Å²) in [5.41, 5.74) is 1.05. The van der Waals surface area contributed by atoms with Gasteiger partial charge in [-0.05, 0) is 30.5 Å². The highest BCUT2D eigenvalue weighted by Crippen LogP contribution is 2.38. The minimum Gasteiger partial charge on any atom is -0.493 e. The third-order valence-electron chi connectivity index (χ3n) is 4.77. The molecule has 0 bridgehead atoms. The average molecular weight is 339 g/mol. The van der Waals surface area contributed by atoms with E-state index in [1.165, 1.54) is 6.42 Å². The van der Waals surface area contributed by atoms with Crippen LogP contribution in [0.5, 0.6) is 17.2 Å². The molecule has 0 aliphatic heterocycles. The van der Waals surface area contributed by atoms with Gasteiger partial charge in [-0.25, -0.2) is 0 Å². The third-order valence-corrected chi connectivity index (χ3v) is 4.77. The second-order valence-corrected chi connectivity index (χ2v) is 5.93. The summed E-state index contributed by atoms with van der Waals surface area (Å²) in [4.78, 5) is 0. The van der Waals surface area contributed by atoms with E-state index in [4.69, 9.17) is 23.7 Å². The fraction of sp³-hybridized carbons (Fsp3) is 0.667. The normalized spacial score (nSPS) is 19.8. The van der Waals surface area contributed by atoms with Crippen LogP contribution in [0.15, 0.2) is 12.1 Å². The molecule has 0 saturated heterocycles. The maximum absolute atomic E-state index is 5.70. The first-order valence-corrected chi connectivity index (χ1v) is 8.26. The molecule has 0 radical (unpaired) electrons. The largest absolute Gasteiger partial charge is 0.493 e. The van der Waals surface area contributed by atoms with E-state index in [1.807, 2.05) is 12.1 Å². The fourth-order valence-corrected chi connectivity index (χ4v) is 3.42. The van der Waals surface area contributed by atoms with E-state index < -0.39 is 5.79 Å². The molecule has 1 aromatic carbocycles. The van der Waals surface area contributed by atoms with Gasteiger partial charge in [0.05, 0.1) is 27.4 Å². The van der Waals surface area contributed by atoms with Gasteiger partial charge in [-0.2, -0.15) is 0 Å². The molecule has 1 N–H and O–H groups in total. The lowest BCUT2D eigenvalue weighted by molar-refractivity contribution is -0.238. The summed E-state index contributed by atoms with van der Waals surface area (Å²) < 4.78 is 27.6. The van der Waals surface area contributed by atoms with Gasteiger partial charge in [-0.15, -0.1) is 0 Å². The van der Waals surface area contributed by atoms with Crippen LogP contribution in [0.4, 0.5) is 0 Å². The third kappa shape index (κ3) is 3.77. The van der Waals surface area contributed by atoms with E-state index in [0.717, 1.165) is 24.8 Å². The summed E-state index contributed by atoms with van der Waals surface area (Å²) in [5, 5.41) is 3.57. The molecule has 1 saturated carbocycles. The van der Waals surface area contributed by atoms with E-state index >= 15 is 0 Å². The SMILES string of the molecule is COc1cc(CNC2CCCCC2(OC)OC)cc(OC)c1OC. The minimum absolute atomic E-state index is 0.139. The number of hydrogen-bond donors (Lipinski definition) is 1. The Bertz CT molecular complexity index is 505. The summed E-state index contributed by atoms with van der Waals surface area (Å²) in [6.07, 6.45) is 4.20. The number of methoxy groups -OCH3 is 5. The van der Waals surface area contributed by atoms with E-state index in [-0.39, 0.29) is 6.04 Å². The van der Waals surface area contributed by atoms with Crippen molar-refractivity contribution < 1.29 is 23.7 Å². The molecule has 2 rings (SSSR count). The van der Waals surface area contributed by atoms with Gasteiger partial charge in [-0.1, -0.05) is 6.42 Å². The first-order chi connectivity index (χ1) is 11.6. The van der Waals surface area contributed by atoms with Gasteiger partial charge in [0.2, 0.25) is 5.75 Å². The molecule has 136 valence electrons. The zero-order chi connectivity index (χ0) is 17.6. The summed E-state index contributed by atoms with van der Waals surface area (Å²) >= 11 is 0. The van der Waals surface area contributed by atoms with Crippen molar-refractivity contribution in [3.63, 3.8) is 0 Å². The zero-order valence-corrected chi connectivity index (χ0v) is 15.3. The molecule has 1 aliphatic carbocycles. The highest BCUT2D eigenvalue weighted by atomic mass is 16.7. The van der Waals surface area contributed by atoms with Crippen molar-refractivity contribution in [2.24, 2.45) is 0 Å². The van der Waals surface area contributed by atoms with Gasteiger partial charge in [0, 0.05) is 27.2 Å². The predicted octanol–water partition coefficient (Wildman–Crippen LogP) is 2.73. The van der Waals surface area contributed by atoms with Gasteiger partial charge in [0.1, 0.15) is 0 Å². The maximum atomic E-state index is 5.70. The summed E-state index contributed by atoms with van der Waals surface area (Å²) in [6.45, 7) is 0.663. The average Bonchev–Trinajstić information content (AvgIpc) is 2.65. The molecule has 1 fully saturated rings. The number of nitrogens with one attached hydrogen (secondary N) is 1. The number of hydrogen-bond acceptors (Lipinski definition) is 6. The van der Waals surface area contributed by atoms with Gasteiger partial charge >= 0.3 is 0 Å². The van der Waals surface area contributed by atoms with Crippen LogP contribution in [0.2, 0.25) is 0 Å². The maximum Gasteiger partial charge on any atom is 0.203 e. The van der Waals surface area contributed by atoms with Crippen molar-refractivity contribution in [3.8, 4) is 17.2 Å². The summed E-state index contributed by atoms with van der Waals surface area (Å²) in [5.74, 6) is 1.35. The summed E-state index contributed by atoms with van der Waals surface area (Å²) in [6, 6.07) is 4.05. The van der Waals surface area contributed by atoms with Gasteiger partial charge in [-0.3, -0.25) is 0 Å². The predicted molar refractivity (Wildman–Crippen MR) is 91.9 cm³/mol. The Morgan fingerprint density at radius 2 is 1.58 bits per heavy atom. The monoisotopic (exact) mass is 339 g/mol. The highest BCUT2D eigenvalue weighted by Gasteiger charge is 2.41. The lowest BCUT2D eigenvalue weighted by Gasteiger charge is -2.42. The van der Waals surface area contributed by atoms with Crippen molar-refractivity contribution >= 4 is 0 Å². The Hall–Kier alpha value is -1.50. The smallest absolute Gasteiger partial charge is 0.203 e. The zero-order valence-electron chi connectivity index (χ0n) is 15.3. The highest BCUT2D eigenvalue weighted by molar-refractivity contribution is 5.53. The molecule has 6 nitrogen and oxygen atoms in total. The van der Waals surface area contributed by atoms with Gasteiger partial charge < -0.3 is 29.0 Å². The Labute approximate surface area is 144 Å². The standard InChI is InChI=1S/C18H29NO5/c1-20-14-10-13(11-15(21-2)17(14)22-3)12-19-16-8-6-7-9-18(16,23-4)24-5/h10-11,16,19H,6-9,12H2,1-5H3.